The first-order valence-electron chi connectivity index (χ1n) is 8.79. The SMILES string of the molecule is CC.CNCCCCC1CCN(Cc2ccccc2)CC1. The van der Waals surface area contributed by atoms with Crippen LogP contribution in [-0.2, 0) is 6.54 Å². The standard InChI is InChI=1S/C17H28N2.C2H6/c1-18-12-6-5-7-16-10-13-19(14-11-16)15-17-8-3-2-4-9-17;1-2/h2-4,8-9,16,18H,5-7,10-15H2,1H3;1-2H3. The van der Waals surface area contributed by atoms with Gasteiger partial charge in [0.1, 0.15) is 0 Å². The van der Waals surface area contributed by atoms with Crippen LogP contribution in [0.15, 0.2) is 30.3 Å². The maximum absolute atomic E-state index is 3.23. The van der Waals surface area contributed by atoms with Crippen LogP contribution >= 0.6 is 0 Å². The zero-order valence-electron chi connectivity index (χ0n) is 14.3. The van der Waals surface area contributed by atoms with Crippen LogP contribution in [0.25, 0.3) is 0 Å². The minimum absolute atomic E-state index is 0.976. The van der Waals surface area contributed by atoms with Crippen molar-refractivity contribution in [2.45, 2.75) is 52.5 Å². The molecule has 2 heteroatoms. The van der Waals surface area contributed by atoms with Gasteiger partial charge in [-0.3, -0.25) is 4.90 Å². The fourth-order valence-corrected chi connectivity index (χ4v) is 3.01. The molecule has 1 fully saturated rings. The van der Waals surface area contributed by atoms with Crippen molar-refractivity contribution < 1.29 is 0 Å². The number of hydrogen-bond acceptors (Lipinski definition) is 2. The predicted molar refractivity (Wildman–Crippen MR) is 93.6 cm³/mol. The molecule has 1 saturated heterocycles. The Morgan fingerprint density at radius 1 is 1.05 bits per heavy atom. The smallest absolute Gasteiger partial charge is 0.0233 e. The van der Waals surface area contributed by atoms with Gasteiger partial charge in [0.2, 0.25) is 0 Å². The molecule has 21 heavy (non-hydrogen) atoms. The number of nitrogens with one attached hydrogen (secondary N) is 1. The molecule has 1 aliphatic rings. The van der Waals surface area contributed by atoms with Gasteiger partial charge < -0.3 is 5.32 Å². The Balaban J connectivity index is 0.00000106. The van der Waals surface area contributed by atoms with Crippen molar-refractivity contribution in [2.75, 3.05) is 26.7 Å². The zero-order chi connectivity index (χ0) is 15.3. The van der Waals surface area contributed by atoms with Gasteiger partial charge in [-0.05, 0) is 57.4 Å². The van der Waals surface area contributed by atoms with Gasteiger partial charge in [0.25, 0.3) is 0 Å². The van der Waals surface area contributed by atoms with E-state index in [1.807, 2.05) is 20.9 Å². The molecule has 0 bridgehead atoms. The Morgan fingerprint density at radius 2 is 1.71 bits per heavy atom. The summed E-state index contributed by atoms with van der Waals surface area (Å²) in [6.45, 7) is 8.87. The molecule has 1 aromatic rings. The van der Waals surface area contributed by atoms with Gasteiger partial charge in [0.15, 0.2) is 0 Å². The molecule has 1 aliphatic heterocycles. The van der Waals surface area contributed by atoms with Crippen LogP contribution in [0.5, 0.6) is 0 Å². The van der Waals surface area contributed by atoms with Crippen molar-refractivity contribution >= 4 is 0 Å². The second-order valence-electron chi connectivity index (χ2n) is 5.80. The number of likely N-dealkylation sites (tertiary alicyclic amines) is 1. The third-order valence-electron chi connectivity index (χ3n) is 4.25. The molecule has 0 atom stereocenters. The third-order valence-corrected chi connectivity index (χ3v) is 4.25. The molecule has 0 aliphatic carbocycles. The highest BCUT2D eigenvalue weighted by Crippen LogP contribution is 2.23. The number of hydrogen-bond donors (Lipinski definition) is 1. The normalized spacial score (nSPS) is 16.3. The number of rotatable bonds is 7. The molecule has 0 amide bonds. The van der Waals surface area contributed by atoms with Crippen LogP contribution in [0.3, 0.4) is 0 Å². The van der Waals surface area contributed by atoms with E-state index in [9.17, 15) is 0 Å². The lowest BCUT2D eigenvalue weighted by Gasteiger charge is -2.32. The minimum atomic E-state index is 0.976. The van der Waals surface area contributed by atoms with Crippen LogP contribution < -0.4 is 5.32 Å². The van der Waals surface area contributed by atoms with Gasteiger partial charge in [-0.2, -0.15) is 0 Å². The van der Waals surface area contributed by atoms with Gasteiger partial charge in [-0.1, -0.05) is 57.0 Å². The summed E-state index contributed by atoms with van der Waals surface area (Å²) < 4.78 is 0. The van der Waals surface area contributed by atoms with E-state index in [4.69, 9.17) is 0 Å². The van der Waals surface area contributed by atoms with Crippen LogP contribution in [0.4, 0.5) is 0 Å². The third kappa shape index (κ3) is 7.63. The fraction of sp³-hybridized carbons (Fsp3) is 0.684. The molecule has 1 aromatic carbocycles. The quantitative estimate of drug-likeness (QED) is 0.753. The minimum Gasteiger partial charge on any atom is -0.320 e. The first-order chi connectivity index (χ1) is 10.4. The summed E-state index contributed by atoms with van der Waals surface area (Å²) in [7, 11) is 2.04. The average Bonchev–Trinajstić information content (AvgIpc) is 2.56. The average molecular weight is 290 g/mol. The summed E-state index contributed by atoms with van der Waals surface area (Å²) in [5.41, 5.74) is 1.45. The molecule has 2 nitrogen and oxygen atoms in total. The van der Waals surface area contributed by atoms with E-state index < -0.39 is 0 Å². The fourth-order valence-electron chi connectivity index (χ4n) is 3.01. The zero-order valence-corrected chi connectivity index (χ0v) is 14.3. The Kier molecular flexibility index (Phi) is 10.2. The largest absolute Gasteiger partial charge is 0.320 e. The lowest BCUT2D eigenvalue weighted by Crippen LogP contribution is -2.33. The number of benzene rings is 1. The van der Waals surface area contributed by atoms with E-state index in [0.717, 1.165) is 12.5 Å². The monoisotopic (exact) mass is 290 g/mol. The second-order valence-corrected chi connectivity index (χ2v) is 5.80. The van der Waals surface area contributed by atoms with E-state index in [1.54, 1.807) is 0 Å². The highest BCUT2D eigenvalue weighted by atomic mass is 15.1. The molecule has 1 heterocycles. The highest BCUT2D eigenvalue weighted by Gasteiger charge is 2.18. The Labute approximate surface area is 131 Å². The van der Waals surface area contributed by atoms with Crippen LogP contribution in [0.2, 0.25) is 0 Å². The lowest BCUT2D eigenvalue weighted by molar-refractivity contribution is 0.170. The number of nitrogens with zero attached hydrogens (tertiary/aromatic N) is 1. The Bertz CT molecular complexity index is 329. The van der Waals surface area contributed by atoms with E-state index in [1.165, 1.54) is 57.3 Å². The van der Waals surface area contributed by atoms with E-state index in [-0.39, 0.29) is 0 Å². The van der Waals surface area contributed by atoms with Crippen molar-refractivity contribution in [1.29, 1.82) is 0 Å². The van der Waals surface area contributed by atoms with E-state index in [2.05, 4.69) is 40.5 Å². The van der Waals surface area contributed by atoms with Crippen molar-refractivity contribution in [1.82, 2.24) is 10.2 Å². The molecule has 0 aromatic heterocycles. The maximum Gasteiger partial charge on any atom is 0.0233 e. The van der Waals surface area contributed by atoms with E-state index >= 15 is 0 Å². The van der Waals surface area contributed by atoms with Gasteiger partial charge in [0.05, 0.1) is 0 Å². The molecule has 1 N–H and O–H groups in total. The molecule has 0 spiro atoms. The van der Waals surface area contributed by atoms with Crippen LogP contribution in [0.1, 0.15) is 51.5 Å². The molecule has 0 unspecified atom stereocenters. The number of piperidine rings is 1. The summed E-state index contributed by atoms with van der Waals surface area (Å²) >= 11 is 0. The van der Waals surface area contributed by atoms with Crippen LogP contribution in [-0.4, -0.2) is 31.6 Å². The Morgan fingerprint density at radius 3 is 2.33 bits per heavy atom. The molecule has 2 rings (SSSR count). The van der Waals surface area contributed by atoms with Gasteiger partial charge >= 0.3 is 0 Å². The van der Waals surface area contributed by atoms with Crippen molar-refractivity contribution in [2.24, 2.45) is 5.92 Å². The molecular formula is C19H34N2. The van der Waals surface area contributed by atoms with Crippen molar-refractivity contribution in [3.63, 3.8) is 0 Å². The van der Waals surface area contributed by atoms with Gasteiger partial charge in [-0.15, -0.1) is 0 Å². The van der Waals surface area contributed by atoms with Crippen LogP contribution in [0, 0.1) is 5.92 Å². The summed E-state index contributed by atoms with van der Waals surface area (Å²) in [6.07, 6.45) is 6.95. The topological polar surface area (TPSA) is 15.3 Å². The molecule has 120 valence electrons. The lowest BCUT2D eigenvalue weighted by atomic mass is 9.91. The molecular weight excluding hydrogens is 256 g/mol. The van der Waals surface area contributed by atoms with Gasteiger partial charge in [-0.25, -0.2) is 0 Å². The Hall–Kier alpha value is -0.860. The summed E-state index contributed by atoms with van der Waals surface area (Å²) in [6, 6.07) is 10.9. The van der Waals surface area contributed by atoms with Crippen molar-refractivity contribution in [3.8, 4) is 0 Å². The first-order valence-corrected chi connectivity index (χ1v) is 8.79. The summed E-state index contributed by atoms with van der Waals surface area (Å²) in [5, 5.41) is 3.23. The van der Waals surface area contributed by atoms with Gasteiger partial charge in [0, 0.05) is 6.54 Å². The maximum atomic E-state index is 3.23. The first kappa shape index (κ1) is 18.2. The summed E-state index contributed by atoms with van der Waals surface area (Å²) in [5.74, 6) is 0.976. The number of unbranched alkanes of at least 4 members (excludes halogenated alkanes) is 1. The highest BCUT2D eigenvalue weighted by molar-refractivity contribution is 5.14. The van der Waals surface area contributed by atoms with Crippen molar-refractivity contribution in [3.05, 3.63) is 35.9 Å². The molecule has 0 saturated carbocycles. The summed E-state index contributed by atoms with van der Waals surface area (Å²) in [4.78, 5) is 2.61. The second kappa shape index (κ2) is 11.8. The van der Waals surface area contributed by atoms with E-state index in [0.29, 0.717) is 0 Å². The predicted octanol–water partition coefficient (Wildman–Crippen LogP) is 4.31. The molecule has 0 radical (unpaired) electrons.